The second-order valence-corrected chi connectivity index (χ2v) is 9.61. The van der Waals surface area contributed by atoms with Gasteiger partial charge in [0.2, 0.25) is 0 Å². The van der Waals surface area contributed by atoms with Crippen molar-refractivity contribution in [1.29, 1.82) is 0 Å². The molecule has 0 bridgehead atoms. The number of nitrogens with one attached hydrogen (secondary N) is 1. The topological polar surface area (TPSA) is 66.9 Å². The molecule has 0 spiro atoms. The van der Waals surface area contributed by atoms with Gasteiger partial charge in [0.05, 0.1) is 26.5 Å². The third-order valence-corrected chi connectivity index (χ3v) is 7.28. The molecule has 4 aromatic rings. The average molecular weight is 515 g/mol. The van der Waals surface area contributed by atoms with Crippen LogP contribution in [0.2, 0.25) is 0 Å². The number of carbonyl (C=O) groups is 1. The van der Waals surface area contributed by atoms with Crippen molar-refractivity contribution in [2.45, 2.75) is 6.54 Å². The Hall–Kier alpha value is -3.88. The number of piperazine rings is 1. The lowest BCUT2D eigenvalue weighted by Gasteiger charge is -2.27. The van der Waals surface area contributed by atoms with E-state index in [1.807, 2.05) is 77.7 Å². The van der Waals surface area contributed by atoms with Gasteiger partial charge < -0.3 is 24.6 Å². The number of carbonyl (C=O) groups excluding carboxylic acids is 1. The lowest BCUT2D eigenvalue weighted by atomic mass is 10.1. The van der Waals surface area contributed by atoms with E-state index in [9.17, 15) is 4.79 Å². The average Bonchev–Trinajstić information content (AvgIpc) is 3.46. The van der Waals surface area contributed by atoms with Crippen molar-refractivity contribution in [1.82, 2.24) is 15.2 Å². The van der Waals surface area contributed by atoms with Crippen LogP contribution in [0.4, 0.5) is 10.8 Å². The SMILES string of the molecule is COc1ccc(N(Cc2ccc(C(=O)N3CCNCC3)cc2)c2nc(-c3cccc(OC)c3)cs2)cc1. The third-order valence-electron chi connectivity index (χ3n) is 6.42. The summed E-state index contributed by atoms with van der Waals surface area (Å²) >= 11 is 1.59. The summed E-state index contributed by atoms with van der Waals surface area (Å²) in [6.07, 6.45) is 0. The predicted molar refractivity (Wildman–Crippen MR) is 148 cm³/mol. The van der Waals surface area contributed by atoms with E-state index >= 15 is 0 Å². The Morgan fingerprint density at radius 1 is 0.973 bits per heavy atom. The van der Waals surface area contributed by atoms with Crippen LogP contribution in [-0.4, -0.2) is 56.2 Å². The number of aromatic nitrogens is 1. The molecule has 1 aliphatic rings. The van der Waals surface area contributed by atoms with Gasteiger partial charge in [0, 0.05) is 48.4 Å². The van der Waals surface area contributed by atoms with Gasteiger partial charge in [-0.3, -0.25) is 4.79 Å². The van der Waals surface area contributed by atoms with Crippen LogP contribution in [0.3, 0.4) is 0 Å². The molecule has 190 valence electrons. The highest BCUT2D eigenvalue weighted by atomic mass is 32.1. The first-order valence-corrected chi connectivity index (χ1v) is 13.1. The number of ether oxygens (including phenoxy) is 2. The maximum atomic E-state index is 12.9. The van der Waals surface area contributed by atoms with E-state index < -0.39 is 0 Å². The van der Waals surface area contributed by atoms with E-state index in [0.29, 0.717) is 6.54 Å². The van der Waals surface area contributed by atoms with Gasteiger partial charge in [-0.15, -0.1) is 11.3 Å². The van der Waals surface area contributed by atoms with Gasteiger partial charge in [0.25, 0.3) is 5.91 Å². The summed E-state index contributed by atoms with van der Waals surface area (Å²) in [7, 11) is 3.33. The molecule has 2 heterocycles. The van der Waals surface area contributed by atoms with Gasteiger partial charge in [0.15, 0.2) is 5.13 Å². The van der Waals surface area contributed by atoms with E-state index in [0.717, 1.165) is 70.9 Å². The molecular formula is C29H30N4O3S. The maximum Gasteiger partial charge on any atom is 0.253 e. The van der Waals surface area contributed by atoms with Crippen LogP contribution in [0, 0.1) is 0 Å². The number of hydrogen-bond donors (Lipinski definition) is 1. The van der Waals surface area contributed by atoms with Crippen LogP contribution in [0.5, 0.6) is 11.5 Å². The van der Waals surface area contributed by atoms with E-state index in [2.05, 4.69) is 15.6 Å². The van der Waals surface area contributed by atoms with Crippen molar-refractivity contribution in [3.05, 3.63) is 89.3 Å². The summed E-state index contributed by atoms with van der Waals surface area (Å²) in [5.41, 5.74) is 4.72. The largest absolute Gasteiger partial charge is 0.497 e. The van der Waals surface area contributed by atoms with E-state index in [4.69, 9.17) is 14.5 Å². The molecule has 3 aromatic carbocycles. The summed E-state index contributed by atoms with van der Waals surface area (Å²) in [6.45, 7) is 3.77. The number of thiazole rings is 1. The monoisotopic (exact) mass is 514 g/mol. The van der Waals surface area contributed by atoms with E-state index in [1.165, 1.54) is 0 Å². The molecule has 5 rings (SSSR count). The van der Waals surface area contributed by atoms with Gasteiger partial charge in [-0.2, -0.15) is 0 Å². The molecule has 1 N–H and O–H groups in total. The normalized spacial score (nSPS) is 13.3. The molecule has 0 unspecified atom stereocenters. The molecule has 1 amide bonds. The molecule has 0 atom stereocenters. The molecule has 1 aromatic heterocycles. The number of rotatable bonds is 8. The maximum absolute atomic E-state index is 12.9. The van der Waals surface area contributed by atoms with E-state index in [-0.39, 0.29) is 5.91 Å². The van der Waals surface area contributed by atoms with Crippen molar-refractivity contribution in [3.63, 3.8) is 0 Å². The fourth-order valence-corrected chi connectivity index (χ4v) is 5.17. The first-order chi connectivity index (χ1) is 18.1. The summed E-state index contributed by atoms with van der Waals surface area (Å²) < 4.78 is 10.7. The Kier molecular flexibility index (Phi) is 7.67. The Morgan fingerprint density at radius 3 is 2.41 bits per heavy atom. The molecule has 0 saturated carbocycles. The lowest BCUT2D eigenvalue weighted by molar-refractivity contribution is 0.0736. The minimum Gasteiger partial charge on any atom is -0.497 e. The van der Waals surface area contributed by atoms with Crippen molar-refractivity contribution in [3.8, 4) is 22.8 Å². The Morgan fingerprint density at radius 2 is 1.70 bits per heavy atom. The highest BCUT2D eigenvalue weighted by Crippen LogP contribution is 2.35. The van der Waals surface area contributed by atoms with Crippen LogP contribution < -0.4 is 19.7 Å². The number of nitrogens with zero attached hydrogens (tertiary/aromatic N) is 3. The Labute approximate surface area is 221 Å². The fraction of sp³-hybridized carbons (Fsp3) is 0.241. The smallest absolute Gasteiger partial charge is 0.253 e. The van der Waals surface area contributed by atoms with Crippen LogP contribution in [-0.2, 0) is 6.54 Å². The van der Waals surface area contributed by atoms with Crippen LogP contribution in [0.25, 0.3) is 11.3 Å². The molecular weight excluding hydrogens is 484 g/mol. The number of anilines is 2. The van der Waals surface area contributed by atoms with Crippen molar-refractivity contribution >= 4 is 28.1 Å². The summed E-state index contributed by atoms with van der Waals surface area (Å²) in [5.74, 6) is 1.69. The van der Waals surface area contributed by atoms with Gasteiger partial charge in [-0.25, -0.2) is 4.98 Å². The van der Waals surface area contributed by atoms with E-state index in [1.54, 1.807) is 25.6 Å². The first-order valence-electron chi connectivity index (χ1n) is 12.2. The second-order valence-electron chi connectivity index (χ2n) is 8.77. The predicted octanol–water partition coefficient (Wildman–Crippen LogP) is 5.21. The quantitative estimate of drug-likeness (QED) is 0.348. The summed E-state index contributed by atoms with van der Waals surface area (Å²) in [6, 6.07) is 23.8. The van der Waals surface area contributed by atoms with Gasteiger partial charge in [-0.1, -0.05) is 24.3 Å². The molecule has 0 radical (unpaired) electrons. The zero-order chi connectivity index (χ0) is 25.6. The highest BCUT2D eigenvalue weighted by molar-refractivity contribution is 7.14. The minimum absolute atomic E-state index is 0.0860. The molecule has 37 heavy (non-hydrogen) atoms. The summed E-state index contributed by atoms with van der Waals surface area (Å²) in [4.78, 5) is 21.9. The van der Waals surface area contributed by atoms with Crippen LogP contribution >= 0.6 is 11.3 Å². The van der Waals surface area contributed by atoms with Gasteiger partial charge in [-0.05, 0) is 54.1 Å². The highest BCUT2D eigenvalue weighted by Gasteiger charge is 2.19. The molecule has 1 saturated heterocycles. The number of amides is 1. The molecule has 1 fully saturated rings. The van der Waals surface area contributed by atoms with Crippen molar-refractivity contribution in [2.75, 3.05) is 45.3 Å². The van der Waals surface area contributed by atoms with Gasteiger partial charge in [0.1, 0.15) is 11.5 Å². The number of hydrogen-bond acceptors (Lipinski definition) is 7. The zero-order valence-corrected chi connectivity index (χ0v) is 21.8. The molecule has 1 aliphatic heterocycles. The minimum atomic E-state index is 0.0860. The molecule has 8 heteroatoms. The molecule has 0 aliphatic carbocycles. The first kappa shape index (κ1) is 24.8. The Balaban J connectivity index is 1.41. The lowest BCUT2D eigenvalue weighted by Crippen LogP contribution is -2.46. The van der Waals surface area contributed by atoms with Crippen LogP contribution in [0.15, 0.2) is 78.2 Å². The van der Waals surface area contributed by atoms with Crippen LogP contribution in [0.1, 0.15) is 15.9 Å². The standard InChI is InChI=1S/C29H30N4O3S/c1-35-25-12-10-24(11-13-25)33(29-31-27(20-37-29)23-4-3-5-26(18-23)36-2)19-21-6-8-22(9-7-21)28(34)32-16-14-30-15-17-32/h3-13,18,20,30H,14-17,19H2,1-2H3. The number of methoxy groups -OCH3 is 2. The van der Waals surface area contributed by atoms with Crippen molar-refractivity contribution in [2.24, 2.45) is 0 Å². The third kappa shape index (κ3) is 5.76. The number of benzene rings is 3. The zero-order valence-electron chi connectivity index (χ0n) is 21.0. The Bertz CT molecular complexity index is 1330. The van der Waals surface area contributed by atoms with Gasteiger partial charge >= 0.3 is 0 Å². The van der Waals surface area contributed by atoms with Crippen molar-refractivity contribution < 1.29 is 14.3 Å². The fourth-order valence-electron chi connectivity index (χ4n) is 4.32. The molecule has 7 nitrogen and oxygen atoms in total. The summed E-state index contributed by atoms with van der Waals surface area (Å²) in [5, 5.41) is 6.23. The second kappa shape index (κ2) is 11.5.